The second-order valence-corrected chi connectivity index (χ2v) is 4.80. The van der Waals surface area contributed by atoms with Gasteiger partial charge in [-0.1, -0.05) is 29.5 Å². The second-order valence-electron chi connectivity index (χ2n) is 4.80. The maximum atomic E-state index is 13.2. The number of anilines is 1. The third-order valence-corrected chi connectivity index (χ3v) is 3.19. The standard InChI is InChI=1S/C16H13FN4O/c1-11-7-8-12(17)9-14(11)18-16(22)15-10-21(20-19-15)13-5-3-2-4-6-13/h2-10H,1H3,(H,18,22). The highest BCUT2D eigenvalue weighted by atomic mass is 19.1. The van der Waals surface area contributed by atoms with Crippen LogP contribution in [0, 0.1) is 12.7 Å². The highest BCUT2D eigenvalue weighted by Crippen LogP contribution is 2.17. The smallest absolute Gasteiger partial charge is 0.277 e. The molecule has 6 heteroatoms. The number of hydrogen-bond donors (Lipinski definition) is 1. The van der Waals surface area contributed by atoms with Crippen molar-refractivity contribution in [3.05, 3.63) is 71.8 Å². The summed E-state index contributed by atoms with van der Waals surface area (Å²) in [6, 6.07) is 13.6. The molecule has 1 heterocycles. The van der Waals surface area contributed by atoms with E-state index in [1.807, 2.05) is 30.3 Å². The van der Waals surface area contributed by atoms with Crippen LogP contribution < -0.4 is 5.32 Å². The summed E-state index contributed by atoms with van der Waals surface area (Å²) in [6.07, 6.45) is 1.53. The zero-order chi connectivity index (χ0) is 15.5. The monoisotopic (exact) mass is 296 g/mol. The molecule has 1 amide bonds. The van der Waals surface area contributed by atoms with Gasteiger partial charge in [0, 0.05) is 5.69 Å². The molecular formula is C16H13FN4O. The number of benzene rings is 2. The third-order valence-electron chi connectivity index (χ3n) is 3.19. The summed E-state index contributed by atoms with van der Waals surface area (Å²) in [6.45, 7) is 1.79. The Balaban J connectivity index is 1.81. The minimum Gasteiger partial charge on any atom is -0.320 e. The number of nitrogens with one attached hydrogen (secondary N) is 1. The van der Waals surface area contributed by atoms with Crippen molar-refractivity contribution in [2.75, 3.05) is 5.32 Å². The molecule has 0 saturated heterocycles. The zero-order valence-electron chi connectivity index (χ0n) is 11.8. The molecule has 0 bridgehead atoms. The van der Waals surface area contributed by atoms with Crippen molar-refractivity contribution in [3.8, 4) is 5.69 Å². The molecule has 0 radical (unpaired) electrons. The fourth-order valence-corrected chi connectivity index (χ4v) is 1.99. The van der Waals surface area contributed by atoms with Crippen LogP contribution in [0.2, 0.25) is 0 Å². The summed E-state index contributed by atoms with van der Waals surface area (Å²) >= 11 is 0. The first kappa shape index (κ1) is 13.9. The van der Waals surface area contributed by atoms with E-state index in [1.54, 1.807) is 13.0 Å². The van der Waals surface area contributed by atoms with Gasteiger partial charge in [-0.2, -0.15) is 0 Å². The van der Waals surface area contributed by atoms with Gasteiger partial charge in [0.15, 0.2) is 5.69 Å². The Labute approximate surface area is 126 Å². The summed E-state index contributed by atoms with van der Waals surface area (Å²) in [5, 5.41) is 10.4. The van der Waals surface area contributed by atoms with Crippen LogP contribution in [-0.4, -0.2) is 20.9 Å². The molecule has 0 fully saturated rings. The lowest BCUT2D eigenvalue weighted by Gasteiger charge is -2.06. The molecule has 2 aromatic carbocycles. The van der Waals surface area contributed by atoms with Crippen LogP contribution in [0.15, 0.2) is 54.7 Å². The van der Waals surface area contributed by atoms with Gasteiger partial charge in [-0.25, -0.2) is 9.07 Å². The molecular weight excluding hydrogens is 283 g/mol. The molecule has 3 rings (SSSR count). The first-order valence-electron chi connectivity index (χ1n) is 6.69. The van der Waals surface area contributed by atoms with Crippen LogP contribution in [0.1, 0.15) is 16.1 Å². The van der Waals surface area contributed by atoms with Crippen molar-refractivity contribution in [2.45, 2.75) is 6.92 Å². The number of hydrogen-bond acceptors (Lipinski definition) is 3. The van der Waals surface area contributed by atoms with Gasteiger partial charge in [0.25, 0.3) is 5.91 Å². The Hall–Kier alpha value is -3.02. The Morgan fingerprint density at radius 1 is 1.18 bits per heavy atom. The Morgan fingerprint density at radius 2 is 1.95 bits per heavy atom. The Kier molecular flexibility index (Phi) is 3.65. The van der Waals surface area contributed by atoms with E-state index in [4.69, 9.17) is 0 Å². The lowest BCUT2D eigenvalue weighted by Crippen LogP contribution is -2.13. The predicted octanol–water partition coefficient (Wildman–Crippen LogP) is 2.97. The Bertz CT molecular complexity index is 814. The quantitative estimate of drug-likeness (QED) is 0.808. The number of carbonyl (C=O) groups excluding carboxylic acids is 1. The van der Waals surface area contributed by atoms with Crippen molar-refractivity contribution in [1.82, 2.24) is 15.0 Å². The molecule has 1 N–H and O–H groups in total. The number of aromatic nitrogens is 3. The molecule has 3 aromatic rings. The van der Waals surface area contributed by atoms with Crippen LogP contribution in [0.5, 0.6) is 0 Å². The molecule has 0 aliphatic carbocycles. The van der Waals surface area contributed by atoms with Gasteiger partial charge in [0.05, 0.1) is 11.9 Å². The second kappa shape index (κ2) is 5.77. The molecule has 22 heavy (non-hydrogen) atoms. The number of rotatable bonds is 3. The minimum atomic E-state index is -0.434. The van der Waals surface area contributed by atoms with Gasteiger partial charge in [-0.3, -0.25) is 4.79 Å². The van der Waals surface area contributed by atoms with Crippen molar-refractivity contribution >= 4 is 11.6 Å². The van der Waals surface area contributed by atoms with Crippen molar-refractivity contribution in [2.24, 2.45) is 0 Å². The topological polar surface area (TPSA) is 59.8 Å². The molecule has 0 aliphatic heterocycles. The maximum Gasteiger partial charge on any atom is 0.277 e. The van der Waals surface area contributed by atoms with E-state index in [-0.39, 0.29) is 5.69 Å². The summed E-state index contributed by atoms with van der Waals surface area (Å²) in [5.41, 5.74) is 2.15. The van der Waals surface area contributed by atoms with Gasteiger partial charge in [-0.05, 0) is 36.8 Å². The largest absolute Gasteiger partial charge is 0.320 e. The van der Waals surface area contributed by atoms with E-state index in [2.05, 4.69) is 15.6 Å². The van der Waals surface area contributed by atoms with Crippen LogP contribution in [-0.2, 0) is 0 Å². The van der Waals surface area contributed by atoms with Gasteiger partial charge in [0.1, 0.15) is 5.82 Å². The van der Waals surface area contributed by atoms with Crippen LogP contribution >= 0.6 is 0 Å². The third kappa shape index (κ3) is 2.85. The molecule has 1 aromatic heterocycles. The first-order valence-corrected chi connectivity index (χ1v) is 6.69. The average Bonchev–Trinajstić information content (AvgIpc) is 3.02. The molecule has 0 aliphatic rings. The molecule has 0 atom stereocenters. The van der Waals surface area contributed by atoms with Crippen molar-refractivity contribution < 1.29 is 9.18 Å². The van der Waals surface area contributed by atoms with Crippen LogP contribution in [0.4, 0.5) is 10.1 Å². The minimum absolute atomic E-state index is 0.160. The number of amides is 1. The molecule has 110 valence electrons. The van der Waals surface area contributed by atoms with E-state index >= 15 is 0 Å². The lowest BCUT2D eigenvalue weighted by atomic mass is 10.2. The van der Waals surface area contributed by atoms with Crippen LogP contribution in [0.3, 0.4) is 0 Å². The summed E-state index contributed by atoms with van der Waals surface area (Å²) in [4.78, 5) is 12.2. The number of nitrogens with zero attached hydrogens (tertiary/aromatic N) is 3. The van der Waals surface area contributed by atoms with Gasteiger partial charge in [0.2, 0.25) is 0 Å². The van der Waals surface area contributed by atoms with E-state index in [0.717, 1.165) is 11.3 Å². The fraction of sp³-hybridized carbons (Fsp3) is 0.0625. The lowest BCUT2D eigenvalue weighted by molar-refractivity contribution is 0.102. The molecule has 0 saturated carbocycles. The number of aryl methyl sites for hydroxylation is 1. The first-order chi connectivity index (χ1) is 10.6. The Morgan fingerprint density at radius 3 is 2.73 bits per heavy atom. The average molecular weight is 296 g/mol. The summed E-state index contributed by atoms with van der Waals surface area (Å²) in [5.74, 6) is -0.843. The van der Waals surface area contributed by atoms with E-state index in [1.165, 1.54) is 23.0 Å². The highest BCUT2D eigenvalue weighted by Gasteiger charge is 2.13. The molecule has 5 nitrogen and oxygen atoms in total. The van der Waals surface area contributed by atoms with Gasteiger partial charge < -0.3 is 5.32 Å². The predicted molar refractivity (Wildman–Crippen MR) is 80.4 cm³/mol. The molecule has 0 unspecified atom stereocenters. The zero-order valence-corrected chi connectivity index (χ0v) is 11.8. The number of carbonyl (C=O) groups is 1. The van der Waals surface area contributed by atoms with Gasteiger partial charge >= 0.3 is 0 Å². The van der Waals surface area contributed by atoms with Crippen LogP contribution in [0.25, 0.3) is 5.69 Å². The fourth-order valence-electron chi connectivity index (χ4n) is 1.99. The van der Waals surface area contributed by atoms with Crippen molar-refractivity contribution in [3.63, 3.8) is 0 Å². The number of para-hydroxylation sites is 1. The maximum absolute atomic E-state index is 13.2. The van der Waals surface area contributed by atoms with Crippen molar-refractivity contribution in [1.29, 1.82) is 0 Å². The van der Waals surface area contributed by atoms with E-state index < -0.39 is 11.7 Å². The van der Waals surface area contributed by atoms with E-state index in [9.17, 15) is 9.18 Å². The summed E-state index contributed by atoms with van der Waals surface area (Å²) in [7, 11) is 0. The SMILES string of the molecule is Cc1ccc(F)cc1NC(=O)c1cn(-c2ccccc2)nn1. The highest BCUT2D eigenvalue weighted by molar-refractivity contribution is 6.03. The summed E-state index contributed by atoms with van der Waals surface area (Å²) < 4.78 is 14.7. The van der Waals surface area contributed by atoms with E-state index in [0.29, 0.717) is 5.69 Å². The van der Waals surface area contributed by atoms with Gasteiger partial charge in [-0.15, -0.1) is 5.10 Å². The normalized spacial score (nSPS) is 10.5. The molecule has 0 spiro atoms. The number of halogens is 1.